The van der Waals surface area contributed by atoms with Crippen molar-refractivity contribution in [2.24, 2.45) is 0 Å². The second-order valence-corrected chi connectivity index (χ2v) is 3.95. The molecule has 0 amide bonds. The highest BCUT2D eigenvalue weighted by Gasteiger charge is 2.13. The van der Waals surface area contributed by atoms with Crippen molar-refractivity contribution in [3.63, 3.8) is 0 Å². The molecule has 0 aliphatic rings. The number of benzene rings is 1. The highest BCUT2D eigenvalue weighted by atomic mass is 19.1. The summed E-state index contributed by atoms with van der Waals surface area (Å²) >= 11 is 0. The number of carbonyl (C=O) groups is 1. The molecule has 3 rings (SSSR count). The summed E-state index contributed by atoms with van der Waals surface area (Å²) in [5, 5.41) is 9.08. The largest absolute Gasteiger partial charge is 0.478 e. The Labute approximate surface area is 106 Å². The molecular formula is C13H8FN3O2. The van der Waals surface area contributed by atoms with Gasteiger partial charge in [-0.2, -0.15) is 0 Å². The van der Waals surface area contributed by atoms with Gasteiger partial charge in [0.1, 0.15) is 17.0 Å². The molecule has 0 radical (unpaired) electrons. The van der Waals surface area contributed by atoms with E-state index >= 15 is 0 Å². The third-order valence-corrected chi connectivity index (χ3v) is 2.71. The number of aromatic amines is 1. The summed E-state index contributed by atoms with van der Waals surface area (Å²) < 4.78 is 12.8. The Bertz CT molecular complexity index is 765. The summed E-state index contributed by atoms with van der Waals surface area (Å²) in [7, 11) is 0. The lowest BCUT2D eigenvalue weighted by Crippen LogP contribution is -1.96. The fourth-order valence-corrected chi connectivity index (χ4v) is 1.84. The van der Waals surface area contributed by atoms with Crippen LogP contribution in [0.5, 0.6) is 0 Å². The van der Waals surface area contributed by atoms with Crippen LogP contribution in [0.25, 0.3) is 22.6 Å². The molecule has 6 heteroatoms. The Morgan fingerprint density at radius 1 is 1.26 bits per heavy atom. The number of fused-ring (bicyclic) bond motifs is 1. The predicted molar refractivity (Wildman–Crippen MR) is 66.2 cm³/mol. The minimum absolute atomic E-state index is 0.113. The SMILES string of the molecule is O=C(O)c1cccc2[nH]c(-c3ccc(F)cn3)nc12. The van der Waals surface area contributed by atoms with Crippen molar-refractivity contribution in [1.82, 2.24) is 15.0 Å². The van der Waals surface area contributed by atoms with Crippen LogP contribution >= 0.6 is 0 Å². The zero-order valence-electron chi connectivity index (χ0n) is 9.59. The average molecular weight is 257 g/mol. The molecule has 0 unspecified atom stereocenters. The van der Waals surface area contributed by atoms with Crippen molar-refractivity contribution in [2.45, 2.75) is 0 Å². The number of carboxylic acid groups (broad SMARTS) is 1. The maximum absolute atomic E-state index is 12.8. The number of hydrogen-bond acceptors (Lipinski definition) is 3. The van der Waals surface area contributed by atoms with Crippen molar-refractivity contribution < 1.29 is 14.3 Å². The number of aromatic carboxylic acids is 1. The number of carboxylic acids is 1. The number of halogens is 1. The first-order chi connectivity index (χ1) is 9.15. The van der Waals surface area contributed by atoms with E-state index in [2.05, 4.69) is 15.0 Å². The lowest BCUT2D eigenvalue weighted by molar-refractivity contribution is 0.0699. The van der Waals surface area contributed by atoms with Crippen LogP contribution in [-0.2, 0) is 0 Å². The second kappa shape index (κ2) is 4.16. The molecule has 0 atom stereocenters. The van der Waals surface area contributed by atoms with Crippen LogP contribution in [0.4, 0.5) is 4.39 Å². The molecule has 2 aromatic heterocycles. The Hall–Kier alpha value is -2.76. The van der Waals surface area contributed by atoms with Gasteiger partial charge in [0.2, 0.25) is 0 Å². The number of para-hydroxylation sites is 1. The van der Waals surface area contributed by atoms with Gasteiger partial charge in [-0.1, -0.05) is 6.07 Å². The van der Waals surface area contributed by atoms with E-state index in [4.69, 9.17) is 5.11 Å². The molecule has 0 aliphatic heterocycles. The molecule has 0 saturated carbocycles. The van der Waals surface area contributed by atoms with Crippen molar-refractivity contribution >= 4 is 17.0 Å². The van der Waals surface area contributed by atoms with E-state index in [9.17, 15) is 9.18 Å². The fourth-order valence-electron chi connectivity index (χ4n) is 1.84. The molecular weight excluding hydrogens is 249 g/mol. The molecule has 19 heavy (non-hydrogen) atoms. The van der Waals surface area contributed by atoms with Crippen molar-refractivity contribution in [3.8, 4) is 11.5 Å². The number of aromatic nitrogens is 3. The van der Waals surface area contributed by atoms with Crippen LogP contribution in [0.1, 0.15) is 10.4 Å². The van der Waals surface area contributed by atoms with Crippen molar-refractivity contribution in [3.05, 3.63) is 47.9 Å². The van der Waals surface area contributed by atoms with Gasteiger partial charge in [0.15, 0.2) is 5.82 Å². The van der Waals surface area contributed by atoms with Gasteiger partial charge in [-0.25, -0.2) is 19.2 Å². The van der Waals surface area contributed by atoms with Crippen LogP contribution in [0, 0.1) is 5.82 Å². The van der Waals surface area contributed by atoms with E-state index in [1.807, 2.05) is 0 Å². The molecule has 5 nitrogen and oxygen atoms in total. The first-order valence-corrected chi connectivity index (χ1v) is 5.49. The smallest absolute Gasteiger partial charge is 0.337 e. The predicted octanol–water partition coefficient (Wildman–Crippen LogP) is 2.46. The number of hydrogen-bond donors (Lipinski definition) is 2. The fraction of sp³-hybridized carbons (Fsp3) is 0. The highest BCUT2D eigenvalue weighted by molar-refractivity contribution is 6.01. The average Bonchev–Trinajstić information content (AvgIpc) is 2.82. The zero-order valence-corrected chi connectivity index (χ0v) is 9.59. The molecule has 0 fully saturated rings. The Balaban J connectivity index is 2.19. The summed E-state index contributed by atoms with van der Waals surface area (Å²) in [6, 6.07) is 7.59. The molecule has 0 aliphatic carbocycles. The van der Waals surface area contributed by atoms with Crippen molar-refractivity contribution in [2.75, 3.05) is 0 Å². The minimum Gasteiger partial charge on any atom is -0.478 e. The minimum atomic E-state index is -1.05. The number of rotatable bonds is 2. The zero-order chi connectivity index (χ0) is 13.4. The number of pyridine rings is 1. The van der Waals surface area contributed by atoms with Gasteiger partial charge in [0.25, 0.3) is 0 Å². The molecule has 0 bridgehead atoms. The molecule has 2 N–H and O–H groups in total. The topological polar surface area (TPSA) is 78.9 Å². The van der Waals surface area contributed by atoms with E-state index in [0.717, 1.165) is 6.20 Å². The van der Waals surface area contributed by atoms with Gasteiger partial charge in [-0.15, -0.1) is 0 Å². The molecule has 0 saturated heterocycles. The third-order valence-electron chi connectivity index (χ3n) is 2.71. The van der Waals surface area contributed by atoms with Crippen LogP contribution in [-0.4, -0.2) is 26.0 Å². The summed E-state index contributed by atoms with van der Waals surface area (Å²) in [4.78, 5) is 22.2. The highest BCUT2D eigenvalue weighted by Crippen LogP contribution is 2.21. The van der Waals surface area contributed by atoms with E-state index < -0.39 is 11.8 Å². The summed E-state index contributed by atoms with van der Waals surface area (Å²) in [6.45, 7) is 0. The number of imidazole rings is 1. The van der Waals surface area contributed by atoms with Gasteiger partial charge >= 0.3 is 5.97 Å². The third kappa shape index (κ3) is 1.93. The lowest BCUT2D eigenvalue weighted by atomic mass is 10.2. The molecule has 94 valence electrons. The quantitative estimate of drug-likeness (QED) is 0.739. The monoisotopic (exact) mass is 257 g/mol. The van der Waals surface area contributed by atoms with Crippen LogP contribution in [0.3, 0.4) is 0 Å². The first-order valence-electron chi connectivity index (χ1n) is 5.49. The Morgan fingerprint density at radius 2 is 2.11 bits per heavy atom. The molecule has 0 spiro atoms. The van der Waals surface area contributed by atoms with Gasteiger partial charge in [0.05, 0.1) is 17.3 Å². The molecule has 1 aromatic carbocycles. The summed E-state index contributed by atoms with van der Waals surface area (Å²) in [5.74, 6) is -1.08. The lowest BCUT2D eigenvalue weighted by Gasteiger charge is -1.94. The molecule has 2 heterocycles. The van der Waals surface area contributed by atoms with Crippen molar-refractivity contribution in [1.29, 1.82) is 0 Å². The first kappa shape index (κ1) is 11.3. The standard InChI is InChI=1S/C13H8FN3O2/c14-7-4-5-10(15-6-7)12-16-9-3-1-2-8(13(18)19)11(9)17-12/h1-6H,(H,16,17)(H,18,19). The summed E-state index contributed by atoms with van der Waals surface area (Å²) in [6.07, 6.45) is 1.08. The Kier molecular flexibility index (Phi) is 2.49. The van der Waals surface area contributed by atoms with E-state index in [1.165, 1.54) is 18.2 Å². The van der Waals surface area contributed by atoms with Crippen LogP contribution < -0.4 is 0 Å². The number of H-pyrrole nitrogens is 1. The Morgan fingerprint density at radius 3 is 2.79 bits per heavy atom. The maximum Gasteiger partial charge on any atom is 0.337 e. The van der Waals surface area contributed by atoms with E-state index in [1.54, 1.807) is 12.1 Å². The van der Waals surface area contributed by atoms with Gasteiger partial charge in [-0.05, 0) is 24.3 Å². The maximum atomic E-state index is 12.8. The van der Waals surface area contributed by atoms with Crippen LogP contribution in [0.2, 0.25) is 0 Å². The van der Waals surface area contributed by atoms with E-state index in [-0.39, 0.29) is 5.56 Å². The van der Waals surface area contributed by atoms with Crippen LogP contribution in [0.15, 0.2) is 36.5 Å². The summed E-state index contributed by atoms with van der Waals surface area (Å²) in [5.41, 5.74) is 1.52. The van der Waals surface area contributed by atoms with Gasteiger partial charge in [-0.3, -0.25) is 0 Å². The normalized spacial score (nSPS) is 10.8. The molecule has 3 aromatic rings. The number of nitrogens with one attached hydrogen (secondary N) is 1. The van der Waals surface area contributed by atoms with Gasteiger partial charge in [0, 0.05) is 0 Å². The number of nitrogens with zero attached hydrogens (tertiary/aromatic N) is 2. The second-order valence-electron chi connectivity index (χ2n) is 3.95. The van der Waals surface area contributed by atoms with E-state index in [0.29, 0.717) is 22.6 Å². The van der Waals surface area contributed by atoms with Gasteiger partial charge < -0.3 is 10.1 Å².